The Kier molecular flexibility index (Phi) is 11.8. The van der Waals surface area contributed by atoms with E-state index in [9.17, 15) is 4.79 Å². The molecule has 0 saturated heterocycles. The molecule has 0 aromatic heterocycles. The molecule has 0 bridgehead atoms. The predicted molar refractivity (Wildman–Crippen MR) is 91.7 cm³/mol. The van der Waals surface area contributed by atoms with Crippen molar-refractivity contribution in [1.82, 2.24) is 16.0 Å². The highest BCUT2D eigenvalue weighted by atomic mass is 127. The molecule has 0 aromatic rings. The van der Waals surface area contributed by atoms with Gasteiger partial charge in [0, 0.05) is 26.7 Å². The molecule has 1 aliphatic rings. The number of nitrogens with one attached hydrogen (secondary N) is 3. The predicted octanol–water partition coefficient (Wildman–Crippen LogP) is 0.865. The number of guanidine groups is 1. The van der Waals surface area contributed by atoms with Crippen LogP contribution in [0.3, 0.4) is 0 Å². The van der Waals surface area contributed by atoms with Crippen LogP contribution < -0.4 is 16.0 Å². The fourth-order valence-electron chi connectivity index (χ4n) is 2.15. The first kappa shape index (κ1) is 19.4. The molecule has 1 saturated carbocycles. The largest absolute Gasteiger partial charge is 0.383 e. The average molecular weight is 398 g/mol. The van der Waals surface area contributed by atoms with Crippen LogP contribution in [0, 0.1) is 0 Å². The lowest BCUT2D eigenvalue weighted by Gasteiger charge is -2.24. The van der Waals surface area contributed by atoms with Gasteiger partial charge in [0.15, 0.2) is 5.96 Å². The highest BCUT2D eigenvalue weighted by Gasteiger charge is 2.14. The van der Waals surface area contributed by atoms with Gasteiger partial charge in [-0.3, -0.25) is 9.79 Å². The van der Waals surface area contributed by atoms with Crippen molar-refractivity contribution in [3.05, 3.63) is 0 Å². The molecule has 1 fully saturated rings. The molecule has 118 valence electrons. The van der Waals surface area contributed by atoms with Crippen LogP contribution in [0.1, 0.15) is 32.1 Å². The van der Waals surface area contributed by atoms with Crippen LogP contribution in [-0.4, -0.2) is 51.8 Å². The highest BCUT2D eigenvalue weighted by molar-refractivity contribution is 14.0. The second kappa shape index (κ2) is 12.2. The van der Waals surface area contributed by atoms with Crippen molar-refractivity contribution in [3.63, 3.8) is 0 Å². The summed E-state index contributed by atoms with van der Waals surface area (Å²) in [6.45, 7) is 1.29. The third-order valence-electron chi connectivity index (χ3n) is 3.21. The number of halogens is 1. The molecule has 0 unspecified atom stereocenters. The summed E-state index contributed by atoms with van der Waals surface area (Å²) in [7, 11) is 3.33. The van der Waals surface area contributed by atoms with Crippen molar-refractivity contribution in [2.75, 3.05) is 33.9 Å². The number of hydrogen-bond acceptors (Lipinski definition) is 3. The maximum atomic E-state index is 11.5. The van der Waals surface area contributed by atoms with Crippen LogP contribution in [0.4, 0.5) is 0 Å². The third-order valence-corrected chi connectivity index (χ3v) is 3.21. The topological polar surface area (TPSA) is 74.8 Å². The molecule has 0 radical (unpaired) electrons. The van der Waals surface area contributed by atoms with Gasteiger partial charge in [0.05, 0.1) is 13.2 Å². The quantitative estimate of drug-likeness (QED) is 0.269. The van der Waals surface area contributed by atoms with Gasteiger partial charge in [0.1, 0.15) is 0 Å². The van der Waals surface area contributed by atoms with Gasteiger partial charge in [-0.15, -0.1) is 24.0 Å². The van der Waals surface area contributed by atoms with E-state index >= 15 is 0 Å². The fourth-order valence-corrected chi connectivity index (χ4v) is 2.15. The molecule has 6 nitrogen and oxygen atoms in total. The van der Waals surface area contributed by atoms with E-state index in [1.165, 1.54) is 32.1 Å². The van der Waals surface area contributed by atoms with Gasteiger partial charge in [-0.25, -0.2) is 0 Å². The zero-order valence-corrected chi connectivity index (χ0v) is 14.7. The molecular weight excluding hydrogens is 371 g/mol. The normalized spacial score (nSPS) is 16.2. The van der Waals surface area contributed by atoms with E-state index in [1.54, 1.807) is 14.2 Å². The number of rotatable bonds is 6. The summed E-state index contributed by atoms with van der Waals surface area (Å²) in [5.74, 6) is 0.650. The van der Waals surface area contributed by atoms with Crippen LogP contribution in [0.5, 0.6) is 0 Å². The van der Waals surface area contributed by atoms with Gasteiger partial charge in [0.25, 0.3) is 0 Å². The third kappa shape index (κ3) is 8.57. The lowest BCUT2D eigenvalue weighted by molar-refractivity contribution is -0.120. The SMILES string of the molecule is CN=C(NCC(=O)NCCOC)NC1CCCCC1.I. The zero-order valence-electron chi connectivity index (χ0n) is 12.4. The zero-order chi connectivity index (χ0) is 13.9. The Morgan fingerprint density at radius 2 is 1.95 bits per heavy atom. The van der Waals surface area contributed by atoms with E-state index in [2.05, 4.69) is 20.9 Å². The van der Waals surface area contributed by atoms with Gasteiger partial charge in [-0.2, -0.15) is 0 Å². The van der Waals surface area contributed by atoms with Crippen molar-refractivity contribution < 1.29 is 9.53 Å². The lowest BCUT2D eigenvalue weighted by atomic mass is 9.96. The maximum absolute atomic E-state index is 11.5. The molecule has 20 heavy (non-hydrogen) atoms. The van der Waals surface area contributed by atoms with Crippen LogP contribution >= 0.6 is 24.0 Å². The molecule has 0 atom stereocenters. The molecule has 1 rings (SSSR count). The first-order chi connectivity index (χ1) is 9.26. The summed E-state index contributed by atoms with van der Waals surface area (Å²) >= 11 is 0. The summed E-state index contributed by atoms with van der Waals surface area (Å²) < 4.78 is 4.87. The standard InChI is InChI=1S/C13H26N4O2.HI/c1-14-13(17-11-6-4-3-5-7-11)16-10-12(18)15-8-9-19-2;/h11H,3-10H2,1-2H3,(H,15,18)(H2,14,16,17);1H. The van der Waals surface area contributed by atoms with Crippen molar-refractivity contribution in [2.45, 2.75) is 38.1 Å². The molecule has 0 spiro atoms. The minimum atomic E-state index is -0.0522. The Morgan fingerprint density at radius 3 is 2.55 bits per heavy atom. The Hall–Kier alpha value is -0.570. The number of carbonyl (C=O) groups is 1. The lowest BCUT2D eigenvalue weighted by Crippen LogP contribution is -2.47. The molecular formula is C13H27IN4O2. The number of carbonyl (C=O) groups excluding carboxylic acids is 1. The van der Waals surface area contributed by atoms with Crippen molar-refractivity contribution in [1.29, 1.82) is 0 Å². The van der Waals surface area contributed by atoms with E-state index in [-0.39, 0.29) is 36.4 Å². The molecule has 0 aromatic carbocycles. The maximum Gasteiger partial charge on any atom is 0.239 e. The van der Waals surface area contributed by atoms with E-state index in [0.717, 1.165) is 0 Å². The minimum absolute atomic E-state index is 0. The van der Waals surface area contributed by atoms with Gasteiger partial charge < -0.3 is 20.7 Å². The van der Waals surface area contributed by atoms with Gasteiger partial charge in [-0.1, -0.05) is 19.3 Å². The van der Waals surface area contributed by atoms with Crippen molar-refractivity contribution in [3.8, 4) is 0 Å². The Morgan fingerprint density at radius 1 is 1.25 bits per heavy atom. The van der Waals surface area contributed by atoms with Gasteiger partial charge in [0.2, 0.25) is 5.91 Å². The Balaban J connectivity index is 0.00000361. The van der Waals surface area contributed by atoms with Crippen molar-refractivity contribution in [2.24, 2.45) is 4.99 Å². The summed E-state index contributed by atoms with van der Waals surface area (Å²) in [5, 5.41) is 9.15. The number of ether oxygens (including phenoxy) is 1. The Bertz CT molecular complexity index is 294. The smallest absolute Gasteiger partial charge is 0.239 e. The molecule has 1 amide bonds. The highest BCUT2D eigenvalue weighted by Crippen LogP contribution is 2.17. The summed E-state index contributed by atoms with van der Waals surface area (Å²) in [6, 6.07) is 0.483. The van der Waals surface area contributed by atoms with Gasteiger partial charge >= 0.3 is 0 Å². The summed E-state index contributed by atoms with van der Waals surface area (Å²) in [5.41, 5.74) is 0. The first-order valence-corrected chi connectivity index (χ1v) is 6.99. The second-order valence-electron chi connectivity index (χ2n) is 4.75. The minimum Gasteiger partial charge on any atom is -0.383 e. The van der Waals surface area contributed by atoms with Crippen LogP contribution in [0.25, 0.3) is 0 Å². The fraction of sp³-hybridized carbons (Fsp3) is 0.846. The van der Waals surface area contributed by atoms with Crippen LogP contribution in [-0.2, 0) is 9.53 Å². The number of methoxy groups -OCH3 is 1. The van der Waals surface area contributed by atoms with E-state index in [4.69, 9.17) is 4.74 Å². The number of aliphatic imine (C=N–C) groups is 1. The molecule has 0 heterocycles. The molecule has 0 aliphatic heterocycles. The molecule has 7 heteroatoms. The first-order valence-electron chi connectivity index (χ1n) is 6.99. The number of amides is 1. The summed E-state index contributed by atoms with van der Waals surface area (Å²) in [6.07, 6.45) is 6.23. The molecule has 3 N–H and O–H groups in total. The number of nitrogens with zero attached hydrogens (tertiary/aromatic N) is 1. The van der Waals surface area contributed by atoms with E-state index in [0.29, 0.717) is 25.2 Å². The number of hydrogen-bond donors (Lipinski definition) is 3. The summed E-state index contributed by atoms with van der Waals surface area (Å²) in [4.78, 5) is 15.7. The molecule has 1 aliphatic carbocycles. The second-order valence-corrected chi connectivity index (χ2v) is 4.75. The van der Waals surface area contributed by atoms with Crippen LogP contribution in [0.15, 0.2) is 4.99 Å². The monoisotopic (exact) mass is 398 g/mol. The van der Waals surface area contributed by atoms with Gasteiger partial charge in [-0.05, 0) is 12.8 Å². The van der Waals surface area contributed by atoms with Crippen molar-refractivity contribution >= 4 is 35.8 Å². The van der Waals surface area contributed by atoms with E-state index < -0.39 is 0 Å². The van der Waals surface area contributed by atoms with Crippen LogP contribution in [0.2, 0.25) is 0 Å². The Labute approximate surface area is 138 Å². The average Bonchev–Trinajstić information content (AvgIpc) is 2.45. The van der Waals surface area contributed by atoms with E-state index in [1.807, 2.05) is 0 Å².